The van der Waals surface area contributed by atoms with Gasteiger partial charge in [0.25, 0.3) is 0 Å². The minimum absolute atomic E-state index is 0.241. The molecule has 70 valence electrons. The lowest BCUT2D eigenvalue weighted by molar-refractivity contribution is 1.55. The minimum Gasteiger partial charge on any atom is -0.397 e. The van der Waals surface area contributed by atoms with Crippen molar-refractivity contribution in [2.75, 3.05) is 11.1 Å². The Balaban J connectivity index is 2.71. The summed E-state index contributed by atoms with van der Waals surface area (Å²) >= 11 is 0. The first-order valence-corrected chi connectivity index (χ1v) is 3.79. The van der Waals surface area contributed by atoms with Gasteiger partial charge in [-0.1, -0.05) is 30.2 Å². The summed E-state index contributed by atoms with van der Waals surface area (Å²) < 4.78 is 69.0. The van der Waals surface area contributed by atoms with Crippen molar-refractivity contribution in [3.8, 4) is 0 Å². The van der Waals surface area contributed by atoms with Crippen LogP contribution in [0.1, 0.15) is 12.3 Å². The first kappa shape index (κ1) is 3.02. The second-order valence-electron chi connectivity index (χ2n) is 2.41. The van der Waals surface area contributed by atoms with Gasteiger partial charge >= 0.3 is 0 Å². The Kier molecular flexibility index (Phi) is 0.827. The van der Waals surface area contributed by atoms with Gasteiger partial charge in [-0.3, -0.25) is 0 Å². The van der Waals surface area contributed by atoms with Crippen LogP contribution < -0.4 is 11.1 Å². The van der Waals surface area contributed by atoms with Gasteiger partial charge in [0.1, 0.15) is 0 Å². The molecule has 0 aliphatic carbocycles. The van der Waals surface area contributed by atoms with Gasteiger partial charge in [-0.2, -0.15) is 0 Å². The van der Waals surface area contributed by atoms with E-state index in [1.807, 2.05) is 0 Å². The molecule has 0 unspecified atom stereocenters. The van der Waals surface area contributed by atoms with Crippen molar-refractivity contribution < 1.29 is 12.3 Å². The number of nitrogen functional groups attached to an aromatic ring is 1. The van der Waals surface area contributed by atoms with E-state index in [1.165, 1.54) is 0 Å². The number of hydrogen-bond acceptors (Lipinski definition) is 2. The summed E-state index contributed by atoms with van der Waals surface area (Å²) in [6, 6.07) is -4.76. The molecular weight excluding hydrogens is 172 g/mol. The van der Waals surface area contributed by atoms with E-state index in [-0.39, 0.29) is 17.1 Å². The third-order valence-corrected chi connectivity index (χ3v) is 1.47. The zero-order valence-electron chi connectivity index (χ0n) is 16.1. The van der Waals surface area contributed by atoms with Gasteiger partial charge < -0.3 is 11.1 Å². The summed E-state index contributed by atoms with van der Waals surface area (Å²) in [6.07, 6.45) is 0. The molecule has 0 fully saturated rings. The zero-order chi connectivity index (χ0) is 17.6. The number of nitrogens with two attached hydrogens (primary N) is 1. The van der Waals surface area contributed by atoms with Gasteiger partial charge in [-0.25, -0.2) is 0 Å². The molecule has 2 aromatic rings. The number of rotatable bonds is 2. The lowest BCUT2D eigenvalue weighted by Gasteiger charge is -2.08. The molecule has 0 amide bonds. The fraction of sp³-hybridized carbons (Fsp3) is 0. The summed E-state index contributed by atoms with van der Waals surface area (Å²) in [6.45, 7) is 0. The Hall–Kier alpha value is -1.96. The molecule has 14 heavy (non-hydrogen) atoms. The molecule has 0 spiro atoms. The average molecular weight is 193 g/mol. The standard InChI is InChI=1S/C12H12N2/c13-11-8-4-5-9-12(11)14-10-6-2-1-3-7-10/h1-9,14H,13H2/i1D,2D,3D,4D,5D,6D,7D,8D,9D. The van der Waals surface area contributed by atoms with Crippen molar-refractivity contribution in [1.82, 2.24) is 0 Å². The van der Waals surface area contributed by atoms with Gasteiger partial charge in [0, 0.05) is 5.69 Å². The van der Waals surface area contributed by atoms with Crippen LogP contribution in [0.25, 0.3) is 0 Å². The van der Waals surface area contributed by atoms with Gasteiger partial charge in [0.15, 0.2) is 0 Å². The van der Waals surface area contributed by atoms with Crippen molar-refractivity contribution in [1.29, 1.82) is 0 Å². The SMILES string of the molecule is [2H]c1c([2H])c([2H])c(Nc2c([2H])c([2H])c([2H])c([2H])c2N)c([2H])c1[2H]. The van der Waals surface area contributed by atoms with Crippen LogP contribution in [0.15, 0.2) is 54.4 Å². The van der Waals surface area contributed by atoms with Crippen LogP contribution in [-0.2, 0) is 0 Å². The third kappa shape index (κ3) is 1.85. The fourth-order valence-corrected chi connectivity index (χ4v) is 0.858. The molecule has 2 aromatic carbocycles. The molecular formula is C12H12N2. The third-order valence-electron chi connectivity index (χ3n) is 1.47. The second kappa shape index (κ2) is 3.83. The van der Waals surface area contributed by atoms with Crippen molar-refractivity contribution >= 4 is 17.1 Å². The van der Waals surface area contributed by atoms with Crippen LogP contribution in [0.4, 0.5) is 17.1 Å². The van der Waals surface area contributed by atoms with Crippen LogP contribution in [0, 0.1) is 0 Å². The average Bonchev–Trinajstić information content (AvgIpc) is 2.54. The first-order valence-electron chi connectivity index (χ1n) is 8.29. The quantitative estimate of drug-likeness (QED) is 0.719. The Bertz CT molecular complexity index is 694. The van der Waals surface area contributed by atoms with E-state index in [2.05, 4.69) is 5.32 Å². The topological polar surface area (TPSA) is 38.0 Å². The Labute approximate surface area is 96.0 Å². The first-order chi connectivity index (χ1) is 10.6. The van der Waals surface area contributed by atoms with Gasteiger partial charge in [-0.05, 0) is 24.2 Å². The van der Waals surface area contributed by atoms with Crippen molar-refractivity contribution in [2.45, 2.75) is 0 Å². The van der Waals surface area contributed by atoms with Crippen LogP contribution in [0.3, 0.4) is 0 Å². The van der Waals surface area contributed by atoms with Crippen LogP contribution >= 0.6 is 0 Å². The van der Waals surface area contributed by atoms with E-state index in [9.17, 15) is 0 Å². The normalized spacial score (nSPS) is 18.7. The maximum Gasteiger partial charge on any atom is 0.0645 e. The number of benzene rings is 2. The highest BCUT2D eigenvalue weighted by atomic mass is 14.9. The summed E-state index contributed by atoms with van der Waals surface area (Å²) in [5.41, 5.74) is 4.82. The zero-order valence-corrected chi connectivity index (χ0v) is 7.08. The highest BCUT2D eigenvalue weighted by Gasteiger charge is 1.96. The van der Waals surface area contributed by atoms with Crippen molar-refractivity contribution in [2.24, 2.45) is 0 Å². The molecule has 2 nitrogen and oxygen atoms in total. The number of nitrogens with one attached hydrogen (secondary N) is 1. The highest BCUT2D eigenvalue weighted by molar-refractivity contribution is 5.72. The largest absolute Gasteiger partial charge is 0.397 e. The Morgan fingerprint density at radius 3 is 2.36 bits per heavy atom. The molecule has 2 heteroatoms. The van der Waals surface area contributed by atoms with E-state index in [0.29, 0.717) is 0 Å². The van der Waals surface area contributed by atoms with E-state index in [0.717, 1.165) is 0 Å². The van der Waals surface area contributed by atoms with Crippen LogP contribution in [0.2, 0.25) is 0 Å². The van der Waals surface area contributed by atoms with Gasteiger partial charge in [-0.15, -0.1) is 0 Å². The van der Waals surface area contributed by atoms with Crippen LogP contribution in [0.5, 0.6) is 0 Å². The summed E-state index contributed by atoms with van der Waals surface area (Å²) in [5, 5.41) is 2.46. The monoisotopic (exact) mass is 193 g/mol. The summed E-state index contributed by atoms with van der Waals surface area (Å²) in [4.78, 5) is 0. The molecule has 0 saturated carbocycles. The minimum atomic E-state index is -0.562. The molecule has 3 N–H and O–H groups in total. The Morgan fingerprint density at radius 1 is 0.929 bits per heavy atom. The number of anilines is 3. The lowest BCUT2D eigenvalue weighted by Crippen LogP contribution is -1.94. The molecule has 0 aliphatic heterocycles. The number of hydrogen-bond donors (Lipinski definition) is 2. The van der Waals surface area contributed by atoms with Crippen molar-refractivity contribution in [3.63, 3.8) is 0 Å². The van der Waals surface area contributed by atoms with E-state index in [4.69, 9.17) is 18.1 Å². The Morgan fingerprint density at radius 2 is 1.57 bits per heavy atom. The predicted octanol–water partition coefficient (Wildman–Crippen LogP) is 3.01. The molecule has 0 bridgehead atoms. The maximum atomic E-state index is 7.83. The fourth-order valence-electron chi connectivity index (χ4n) is 0.858. The lowest BCUT2D eigenvalue weighted by atomic mass is 10.2. The predicted molar refractivity (Wildman–Crippen MR) is 60.6 cm³/mol. The van der Waals surface area contributed by atoms with E-state index < -0.39 is 54.4 Å². The second-order valence-corrected chi connectivity index (χ2v) is 2.41. The smallest absolute Gasteiger partial charge is 0.0645 e. The molecule has 2 rings (SSSR count). The number of para-hydroxylation sites is 3. The molecule has 0 aromatic heterocycles. The molecule has 0 aliphatic rings. The van der Waals surface area contributed by atoms with E-state index >= 15 is 0 Å². The van der Waals surface area contributed by atoms with Crippen LogP contribution in [-0.4, -0.2) is 0 Å². The molecule has 0 atom stereocenters. The molecule has 0 heterocycles. The van der Waals surface area contributed by atoms with Gasteiger partial charge in [0.2, 0.25) is 0 Å². The maximum absolute atomic E-state index is 7.83. The summed E-state index contributed by atoms with van der Waals surface area (Å²) in [7, 11) is 0. The van der Waals surface area contributed by atoms with E-state index in [1.54, 1.807) is 0 Å². The summed E-state index contributed by atoms with van der Waals surface area (Å²) in [5.74, 6) is 0. The molecule has 0 radical (unpaired) electrons. The molecule has 0 saturated heterocycles. The van der Waals surface area contributed by atoms with Gasteiger partial charge in [0.05, 0.1) is 23.7 Å². The van der Waals surface area contributed by atoms with Crippen molar-refractivity contribution in [3.05, 3.63) is 54.4 Å². The highest BCUT2D eigenvalue weighted by Crippen LogP contribution is 2.21.